The van der Waals surface area contributed by atoms with E-state index in [0.717, 1.165) is 0 Å². The van der Waals surface area contributed by atoms with Gasteiger partial charge in [0.15, 0.2) is 15.3 Å². The molecular weight excluding hydrogens is 219 g/mol. The maximum absolute atomic E-state index is 5.76. The molecule has 12 heavy (non-hydrogen) atoms. The molecule has 0 aliphatic carbocycles. The van der Waals surface area contributed by atoms with Crippen LogP contribution in [0.3, 0.4) is 0 Å². The minimum absolute atomic E-state index is 0.106. The lowest BCUT2D eigenvalue weighted by Crippen LogP contribution is -1.94. The Kier molecular flexibility index (Phi) is 1.79. The van der Waals surface area contributed by atoms with Gasteiger partial charge in [-0.05, 0) is 0 Å². The molecule has 4 nitrogen and oxygen atoms in total. The van der Waals surface area contributed by atoms with Crippen LogP contribution < -0.4 is 5.73 Å². The van der Waals surface area contributed by atoms with Crippen molar-refractivity contribution in [2.75, 3.05) is 5.73 Å². The Bertz CT molecular complexity index is 440. The van der Waals surface area contributed by atoms with Gasteiger partial charge in [-0.15, -0.1) is 0 Å². The molecule has 0 atom stereocenters. The smallest absolute Gasteiger partial charge is 0.223 e. The molecule has 2 rings (SSSR count). The molecule has 0 fully saturated rings. The van der Waals surface area contributed by atoms with Crippen LogP contribution in [0.25, 0.3) is 10.3 Å². The number of hydrogen-bond donors (Lipinski definition) is 1. The topological polar surface area (TPSA) is 64.7 Å². The Hall–Kier alpha value is -0.650. The summed E-state index contributed by atoms with van der Waals surface area (Å²) in [7, 11) is 0. The van der Waals surface area contributed by atoms with Crippen molar-refractivity contribution < 1.29 is 0 Å². The number of nitrogen functional groups attached to an aromatic ring is 1. The lowest BCUT2D eigenvalue weighted by molar-refractivity contribution is 1.22. The van der Waals surface area contributed by atoms with E-state index >= 15 is 0 Å². The number of nitrogens with two attached hydrogens (primary N) is 1. The lowest BCUT2D eigenvalue weighted by atomic mass is 10.6. The number of thiazole rings is 1. The van der Waals surface area contributed by atoms with Gasteiger partial charge in [0, 0.05) is 0 Å². The van der Waals surface area contributed by atoms with E-state index in [4.69, 9.17) is 28.9 Å². The summed E-state index contributed by atoms with van der Waals surface area (Å²) in [5.41, 5.74) is 5.80. The highest BCUT2D eigenvalue weighted by molar-refractivity contribution is 7.22. The van der Waals surface area contributed by atoms with Gasteiger partial charge in [0.25, 0.3) is 0 Å². The molecule has 0 aromatic carbocycles. The molecule has 0 radical (unpaired) electrons. The summed E-state index contributed by atoms with van der Waals surface area (Å²) < 4.78 is 1.04. The predicted molar refractivity (Wildman–Crippen MR) is 49.6 cm³/mol. The standard InChI is InChI=1S/C5H2Cl2N4S/c6-2-1-3(10-4(7)12-1)11-5(8)9-2/h(H2,8,9,11). The summed E-state index contributed by atoms with van der Waals surface area (Å²) in [5, 5.41) is 0.293. The van der Waals surface area contributed by atoms with Crippen molar-refractivity contribution in [3.63, 3.8) is 0 Å². The Labute approximate surface area is 81.4 Å². The van der Waals surface area contributed by atoms with E-state index in [1.807, 2.05) is 0 Å². The molecule has 62 valence electrons. The second kappa shape index (κ2) is 2.69. The van der Waals surface area contributed by atoms with Crippen LogP contribution in [0.15, 0.2) is 0 Å². The van der Waals surface area contributed by atoms with Gasteiger partial charge in [0.2, 0.25) is 5.95 Å². The number of nitrogens with zero attached hydrogens (tertiary/aromatic N) is 3. The van der Waals surface area contributed by atoms with E-state index in [2.05, 4.69) is 15.0 Å². The summed E-state index contributed by atoms with van der Waals surface area (Å²) in [6, 6.07) is 0. The fraction of sp³-hybridized carbons (Fsp3) is 0. The van der Waals surface area contributed by atoms with Crippen molar-refractivity contribution in [2.24, 2.45) is 0 Å². The minimum Gasteiger partial charge on any atom is -0.368 e. The molecule has 0 saturated heterocycles. The van der Waals surface area contributed by atoms with Gasteiger partial charge >= 0.3 is 0 Å². The van der Waals surface area contributed by atoms with E-state index in [1.54, 1.807) is 0 Å². The zero-order valence-corrected chi connectivity index (χ0v) is 7.91. The van der Waals surface area contributed by atoms with Gasteiger partial charge in [0.05, 0.1) is 0 Å². The van der Waals surface area contributed by atoms with E-state index in [1.165, 1.54) is 11.3 Å². The Balaban J connectivity index is 2.88. The van der Waals surface area contributed by atoms with Crippen LogP contribution in [0.2, 0.25) is 9.62 Å². The minimum atomic E-state index is 0.106. The molecule has 2 N–H and O–H groups in total. The Morgan fingerprint density at radius 3 is 2.67 bits per heavy atom. The Morgan fingerprint density at radius 2 is 1.92 bits per heavy atom. The van der Waals surface area contributed by atoms with Crippen LogP contribution in [0.5, 0.6) is 0 Å². The van der Waals surface area contributed by atoms with Gasteiger partial charge in [-0.25, -0.2) is 4.98 Å². The second-order valence-corrected chi connectivity index (χ2v) is 3.93. The number of halogens is 2. The maximum Gasteiger partial charge on any atom is 0.223 e. The molecule has 0 aliphatic rings. The highest BCUT2D eigenvalue weighted by atomic mass is 35.5. The molecule has 0 spiro atoms. The molecule has 0 saturated carbocycles. The number of rotatable bonds is 0. The summed E-state index contributed by atoms with van der Waals surface area (Å²) >= 11 is 12.6. The first kappa shape index (κ1) is 7.97. The zero-order valence-electron chi connectivity index (χ0n) is 5.58. The van der Waals surface area contributed by atoms with Crippen molar-refractivity contribution >= 4 is 50.8 Å². The first-order chi connectivity index (χ1) is 5.66. The molecule has 2 aromatic heterocycles. The van der Waals surface area contributed by atoms with E-state index < -0.39 is 0 Å². The van der Waals surface area contributed by atoms with Gasteiger partial charge in [-0.1, -0.05) is 34.5 Å². The normalized spacial score (nSPS) is 10.8. The van der Waals surface area contributed by atoms with Crippen LogP contribution in [0.1, 0.15) is 0 Å². The molecule has 7 heteroatoms. The molecular formula is C5H2Cl2N4S. The predicted octanol–water partition coefficient (Wildman–Crippen LogP) is 1.98. The van der Waals surface area contributed by atoms with Crippen molar-refractivity contribution in [1.82, 2.24) is 15.0 Å². The number of fused-ring (bicyclic) bond motifs is 1. The fourth-order valence-electron chi connectivity index (χ4n) is 0.782. The average molecular weight is 221 g/mol. The van der Waals surface area contributed by atoms with Gasteiger partial charge in [0.1, 0.15) is 4.70 Å². The molecule has 0 bridgehead atoms. The largest absolute Gasteiger partial charge is 0.368 e. The first-order valence-electron chi connectivity index (χ1n) is 2.92. The van der Waals surface area contributed by atoms with E-state index in [9.17, 15) is 0 Å². The van der Waals surface area contributed by atoms with Gasteiger partial charge in [-0.3, -0.25) is 0 Å². The first-order valence-corrected chi connectivity index (χ1v) is 4.49. The maximum atomic E-state index is 5.76. The second-order valence-electron chi connectivity index (χ2n) is 1.99. The quantitative estimate of drug-likeness (QED) is 0.690. The van der Waals surface area contributed by atoms with Crippen LogP contribution in [0, 0.1) is 0 Å². The van der Waals surface area contributed by atoms with Crippen LogP contribution >= 0.6 is 34.5 Å². The zero-order chi connectivity index (χ0) is 8.72. The van der Waals surface area contributed by atoms with E-state index in [0.29, 0.717) is 20.0 Å². The Morgan fingerprint density at radius 1 is 1.17 bits per heavy atom. The number of hydrogen-bond acceptors (Lipinski definition) is 5. The molecule has 2 aromatic rings. The molecule has 0 unspecified atom stereocenters. The van der Waals surface area contributed by atoms with Crippen molar-refractivity contribution in [3.05, 3.63) is 9.62 Å². The van der Waals surface area contributed by atoms with E-state index in [-0.39, 0.29) is 5.95 Å². The lowest BCUT2D eigenvalue weighted by Gasteiger charge is -1.91. The summed E-state index contributed by atoms with van der Waals surface area (Å²) in [4.78, 5) is 11.5. The number of anilines is 1. The summed E-state index contributed by atoms with van der Waals surface area (Å²) in [5.74, 6) is 0.106. The highest BCUT2D eigenvalue weighted by Gasteiger charge is 2.08. The van der Waals surface area contributed by atoms with Crippen LogP contribution in [-0.2, 0) is 0 Å². The molecule has 2 heterocycles. The van der Waals surface area contributed by atoms with Crippen molar-refractivity contribution in [2.45, 2.75) is 0 Å². The van der Waals surface area contributed by atoms with Crippen LogP contribution in [-0.4, -0.2) is 15.0 Å². The van der Waals surface area contributed by atoms with Crippen molar-refractivity contribution in [1.29, 1.82) is 0 Å². The third kappa shape index (κ3) is 1.20. The third-order valence-corrected chi connectivity index (χ3v) is 2.74. The third-order valence-electron chi connectivity index (χ3n) is 1.20. The molecule has 0 amide bonds. The number of aromatic nitrogens is 3. The van der Waals surface area contributed by atoms with Gasteiger partial charge < -0.3 is 5.73 Å². The molecule has 0 aliphatic heterocycles. The average Bonchev–Trinajstić information content (AvgIpc) is 2.29. The van der Waals surface area contributed by atoms with Crippen LogP contribution in [0.4, 0.5) is 5.95 Å². The fourth-order valence-corrected chi connectivity index (χ4v) is 1.99. The monoisotopic (exact) mass is 220 g/mol. The van der Waals surface area contributed by atoms with Gasteiger partial charge in [-0.2, -0.15) is 9.97 Å². The summed E-state index contributed by atoms with van der Waals surface area (Å²) in [6.45, 7) is 0. The van der Waals surface area contributed by atoms with Crippen molar-refractivity contribution in [3.8, 4) is 0 Å². The SMILES string of the molecule is Nc1nc(Cl)c2sc(Cl)nc2n1. The summed E-state index contributed by atoms with van der Waals surface area (Å²) in [6.07, 6.45) is 0. The highest BCUT2D eigenvalue weighted by Crippen LogP contribution is 2.29.